The average molecular weight is 290 g/mol. The van der Waals surface area contributed by atoms with Gasteiger partial charge >= 0.3 is 6.18 Å². The predicted molar refractivity (Wildman–Crippen MR) is 71.7 cm³/mol. The molecule has 0 atom stereocenters. The summed E-state index contributed by atoms with van der Waals surface area (Å²) in [6.07, 6.45) is -4.43. The number of Topliss-reactive ketones (excluding diaryl/α,β-unsaturated/α-hetero) is 1. The van der Waals surface area contributed by atoms with E-state index in [4.69, 9.17) is 0 Å². The lowest BCUT2D eigenvalue weighted by atomic mass is 10.0. The average Bonchev–Trinajstić information content (AvgIpc) is 2.71. The molecular weight excluding hydrogens is 281 g/mol. The molecule has 1 N–H and O–H groups in total. The van der Waals surface area contributed by atoms with Gasteiger partial charge in [0.05, 0.1) is 11.1 Å². The maximum absolute atomic E-state index is 12.5. The van der Waals surface area contributed by atoms with Crippen molar-refractivity contribution < 1.29 is 23.1 Å². The van der Waals surface area contributed by atoms with Gasteiger partial charge in [-0.3, -0.25) is 4.79 Å². The molecular formula is C16H9F3O2. The monoisotopic (exact) mass is 290 g/mol. The van der Waals surface area contributed by atoms with Gasteiger partial charge in [0, 0.05) is 11.1 Å². The minimum absolute atomic E-state index is 0.0323. The second kappa shape index (κ2) is 4.48. The smallest absolute Gasteiger partial charge is 0.416 e. The van der Waals surface area contributed by atoms with E-state index >= 15 is 0 Å². The lowest BCUT2D eigenvalue weighted by molar-refractivity contribution is -0.137. The first-order valence-corrected chi connectivity index (χ1v) is 6.14. The van der Waals surface area contributed by atoms with Crippen LogP contribution in [0.25, 0.3) is 11.3 Å². The molecule has 0 aromatic heterocycles. The number of fused-ring (bicyclic) bond motifs is 1. The molecule has 1 aliphatic rings. The van der Waals surface area contributed by atoms with Crippen LogP contribution in [0, 0.1) is 0 Å². The highest BCUT2D eigenvalue weighted by molar-refractivity contribution is 6.38. The molecule has 0 bridgehead atoms. The molecule has 0 amide bonds. The zero-order chi connectivity index (χ0) is 15.2. The Morgan fingerprint density at radius 2 is 1.43 bits per heavy atom. The van der Waals surface area contributed by atoms with Crippen LogP contribution in [0.3, 0.4) is 0 Å². The van der Waals surface area contributed by atoms with Gasteiger partial charge in [-0.05, 0) is 17.7 Å². The zero-order valence-corrected chi connectivity index (χ0v) is 10.6. The number of halogens is 3. The summed E-state index contributed by atoms with van der Waals surface area (Å²) in [5, 5.41) is 10.1. The van der Waals surface area contributed by atoms with Crippen LogP contribution in [-0.4, -0.2) is 10.9 Å². The largest absolute Gasteiger partial charge is 0.507 e. The van der Waals surface area contributed by atoms with Crippen molar-refractivity contribution in [3.8, 4) is 0 Å². The van der Waals surface area contributed by atoms with Crippen molar-refractivity contribution in [3.63, 3.8) is 0 Å². The van der Waals surface area contributed by atoms with E-state index in [-0.39, 0.29) is 22.7 Å². The second-order valence-electron chi connectivity index (χ2n) is 4.67. The molecule has 0 unspecified atom stereocenters. The Morgan fingerprint density at radius 1 is 0.857 bits per heavy atom. The number of rotatable bonds is 1. The number of hydrogen-bond donors (Lipinski definition) is 1. The van der Waals surface area contributed by atoms with Crippen molar-refractivity contribution in [2.75, 3.05) is 0 Å². The summed E-state index contributed by atoms with van der Waals surface area (Å²) in [7, 11) is 0. The van der Waals surface area contributed by atoms with Gasteiger partial charge in [-0.25, -0.2) is 0 Å². The second-order valence-corrected chi connectivity index (χ2v) is 4.67. The van der Waals surface area contributed by atoms with Crippen LogP contribution in [0.15, 0.2) is 48.5 Å². The van der Waals surface area contributed by atoms with E-state index in [9.17, 15) is 23.1 Å². The lowest BCUT2D eigenvalue weighted by Crippen LogP contribution is -2.05. The summed E-state index contributed by atoms with van der Waals surface area (Å²) >= 11 is 0. The van der Waals surface area contributed by atoms with Crippen LogP contribution in [0.1, 0.15) is 27.0 Å². The van der Waals surface area contributed by atoms with E-state index in [2.05, 4.69) is 0 Å². The number of aliphatic hydroxyl groups is 1. The number of carbonyl (C=O) groups excluding carboxylic acids is 1. The highest BCUT2D eigenvalue weighted by Crippen LogP contribution is 2.37. The summed E-state index contributed by atoms with van der Waals surface area (Å²) in [6.45, 7) is 0. The molecule has 2 aromatic carbocycles. The van der Waals surface area contributed by atoms with Crippen LogP contribution < -0.4 is 0 Å². The molecule has 21 heavy (non-hydrogen) atoms. The third-order valence-corrected chi connectivity index (χ3v) is 3.39. The van der Waals surface area contributed by atoms with Gasteiger partial charge in [0.2, 0.25) is 0 Å². The number of hydrogen-bond acceptors (Lipinski definition) is 2. The highest BCUT2D eigenvalue weighted by Gasteiger charge is 2.32. The number of allylic oxidation sites excluding steroid dienone is 1. The minimum Gasteiger partial charge on any atom is -0.507 e. The molecule has 0 aliphatic heterocycles. The van der Waals surface area contributed by atoms with Crippen LogP contribution in [0.4, 0.5) is 13.2 Å². The standard InChI is InChI=1S/C16H9F3O2/c17-16(18,19)10-7-5-9(6-8-10)13-14(20)11-3-1-2-4-12(11)15(13)21/h1-8,20H. The van der Waals surface area contributed by atoms with E-state index in [0.29, 0.717) is 11.1 Å². The van der Waals surface area contributed by atoms with Crippen LogP contribution >= 0.6 is 0 Å². The van der Waals surface area contributed by atoms with E-state index < -0.39 is 11.7 Å². The number of ketones is 1. The van der Waals surface area contributed by atoms with Gasteiger partial charge in [0.15, 0.2) is 5.78 Å². The molecule has 2 nitrogen and oxygen atoms in total. The Bertz CT molecular complexity index is 756. The van der Waals surface area contributed by atoms with Crippen molar-refractivity contribution in [2.24, 2.45) is 0 Å². The first-order chi connectivity index (χ1) is 9.89. The number of aliphatic hydroxyl groups excluding tert-OH is 1. The van der Waals surface area contributed by atoms with Gasteiger partial charge in [-0.1, -0.05) is 36.4 Å². The Morgan fingerprint density at radius 3 is 1.95 bits per heavy atom. The molecule has 3 rings (SSSR count). The first kappa shape index (κ1) is 13.4. The first-order valence-electron chi connectivity index (χ1n) is 6.14. The van der Waals surface area contributed by atoms with Gasteiger partial charge in [0.1, 0.15) is 5.76 Å². The lowest BCUT2D eigenvalue weighted by Gasteiger charge is -2.08. The Hall–Kier alpha value is -2.56. The summed E-state index contributed by atoms with van der Waals surface area (Å²) in [4.78, 5) is 12.2. The predicted octanol–water partition coefficient (Wildman–Crippen LogP) is 4.33. The number of benzene rings is 2. The SMILES string of the molecule is O=C1C(c2ccc(C(F)(F)F)cc2)=C(O)c2ccccc21. The van der Waals surface area contributed by atoms with Crippen molar-refractivity contribution in [2.45, 2.75) is 6.18 Å². The van der Waals surface area contributed by atoms with Crippen molar-refractivity contribution in [3.05, 3.63) is 70.8 Å². The van der Waals surface area contributed by atoms with Crippen LogP contribution in [-0.2, 0) is 6.18 Å². The molecule has 0 fully saturated rings. The third-order valence-electron chi connectivity index (χ3n) is 3.39. The van der Waals surface area contributed by atoms with Gasteiger partial charge in [-0.15, -0.1) is 0 Å². The molecule has 106 valence electrons. The fraction of sp³-hybridized carbons (Fsp3) is 0.0625. The molecule has 0 spiro atoms. The van der Waals surface area contributed by atoms with Crippen molar-refractivity contribution in [1.29, 1.82) is 0 Å². The fourth-order valence-corrected chi connectivity index (χ4v) is 2.36. The molecule has 0 heterocycles. The maximum Gasteiger partial charge on any atom is 0.416 e. The molecule has 1 aliphatic carbocycles. The number of alkyl halides is 3. The third kappa shape index (κ3) is 2.11. The van der Waals surface area contributed by atoms with E-state index in [1.165, 1.54) is 12.1 Å². The highest BCUT2D eigenvalue weighted by atomic mass is 19.4. The summed E-state index contributed by atoms with van der Waals surface area (Å²) in [5.41, 5.74) is 0.253. The van der Waals surface area contributed by atoms with E-state index in [1.54, 1.807) is 24.3 Å². The van der Waals surface area contributed by atoms with Crippen molar-refractivity contribution >= 4 is 17.1 Å². The molecule has 2 aromatic rings. The summed E-state index contributed by atoms with van der Waals surface area (Å²) in [5.74, 6) is -0.585. The van der Waals surface area contributed by atoms with E-state index in [1.807, 2.05) is 0 Å². The van der Waals surface area contributed by atoms with Gasteiger partial charge in [0.25, 0.3) is 0 Å². The number of carbonyl (C=O) groups is 1. The fourth-order valence-electron chi connectivity index (χ4n) is 2.36. The van der Waals surface area contributed by atoms with E-state index in [0.717, 1.165) is 12.1 Å². The quantitative estimate of drug-likeness (QED) is 0.848. The van der Waals surface area contributed by atoms with Crippen LogP contribution in [0.2, 0.25) is 0 Å². The molecule has 5 heteroatoms. The van der Waals surface area contributed by atoms with Crippen molar-refractivity contribution in [1.82, 2.24) is 0 Å². The Balaban J connectivity index is 2.07. The molecule has 0 saturated carbocycles. The summed E-state index contributed by atoms with van der Waals surface area (Å²) < 4.78 is 37.6. The Kier molecular flexibility index (Phi) is 2.86. The normalized spacial score (nSPS) is 14.5. The molecule has 0 radical (unpaired) electrons. The Labute approximate surface area is 118 Å². The van der Waals surface area contributed by atoms with Gasteiger partial charge in [-0.2, -0.15) is 13.2 Å². The van der Waals surface area contributed by atoms with Crippen LogP contribution in [0.5, 0.6) is 0 Å². The minimum atomic E-state index is -4.43. The van der Waals surface area contributed by atoms with Gasteiger partial charge < -0.3 is 5.11 Å². The zero-order valence-electron chi connectivity index (χ0n) is 10.6. The maximum atomic E-state index is 12.5. The molecule has 0 saturated heterocycles. The topological polar surface area (TPSA) is 37.3 Å². The summed E-state index contributed by atoms with van der Waals surface area (Å²) in [6, 6.07) is 10.7.